The molecular weight excluding hydrogens is 262 g/mol. The fourth-order valence-corrected chi connectivity index (χ4v) is 1.83. The van der Waals surface area contributed by atoms with E-state index in [4.69, 9.17) is 0 Å². The lowest BCUT2D eigenvalue weighted by Gasteiger charge is -2.09. The van der Waals surface area contributed by atoms with Crippen molar-refractivity contribution in [3.05, 3.63) is 58.7 Å². The molecule has 0 unspecified atom stereocenters. The van der Waals surface area contributed by atoms with Crippen LogP contribution in [0.5, 0.6) is 5.75 Å². The Bertz CT molecular complexity index is 633. The summed E-state index contributed by atoms with van der Waals surface area (Å²) in [6.45, 7) is 9.88. The lowest BCUT2D eigenvalue weighted by atomic mass is 10.1. The van der Waals surface area contributed by atoms with Crippen LogP contribution in [-0.2, 0) is 0 Å². The molecule has 0 spiro atoms. The number of aromatic hydroxyl groups is 1. The molecule has 0 bridgehead atoms. The summed E-state index contributed by atoms with van der Waals surface area (Å²) >= 11 is 0. The van der Waals surface area contributed by atoms with Crippen LogP contribution in [0.25, 0.3) is 0 Å². The summed E-state index contributed by atoms with van der Waals surface area (Å²) in [5.41, 5.74) is 4.22. The molecule has 3 nitrogen and oxygen atoms in total. The number of amides is 1. The third-order valence-electron chi connectivity index (χ3n) is 3.17. The van der Waals surface area contributed by atoms with Crippen LogP contribution in [0.3, 0.4) is 0 Å². The zero-order valence-corrected chi connectivity index (χ0v) is 13.3. The van der Waals surface area contributed by atoms with Crippen LogP contribution in [-0.4, -0.2) is 11.0 Å². The number of carbonyl (C=O) groups is 1. The number of aryl methyl sites for hydroxylation is 3. The number of carbonyl (C=O) groups excluding carboxylic acids is 1. The molecule has 0 aromatic heterocycles. The van der Waals surface area contributed by atoms with E-state index < -0.39 is 0 Å². The molecule has 0 aliphatic carbocycles. The lowest BCUT2D eigenvalue weighted by molar-refractivity contribution is 0.102. The molecule has 112 valence electrons. The van der Waals surface area contributed by atoms with Crippen molar-refractivity contribution in [3.8, 4) is 5.75 Å². The van der Waals surface area contributed by atoms with E-state index in [1.807, 2.05) is 46.8 Å². The molecule has 21 heavy (non-hydrogen) atoms. The van der Waals surface area contributed by atoms with E-state index >= 15 is 0 Å². The van der Waals surface area contributed by atoms with E-state index in [1.165, 1.54) is 0 Å². The van der Waals surface area contributed by atoms with Crippen LogP contribution in [0.2, 0.25) is 0 Å². The van der Waals surface area contributed by atoms with Crippen molar-refractivity contribution >= 4 is 11.6 Å². The van der Waals surface area contributed by atoms with Gasteiger partial charge in [0.15, 0.2) is 0 Å². The van der Waals surface area contributed by atoms with Gasteiger partial charge in [0.1, 0.15) is 5.75 Å². The monoisotopic (exact) mass is 285 g/mol. The first kappa shape index (κ1) is 16.8. The van der Waals surface area contributed by atoms with Crippen molar-refractivity contribution in [1.82, 2.24) is 0 Å². The SMILES string of the molecule is CC.Cc1ccc(O)c(NC(=O)c2ccc(C)c(C)c2)c1. The Morgan fingerprint density at radius 3 is 2.24 bits per heavy atom. The smallest absolute Gasteiger partial charge is 0.255 e. The highest BCUT2D eigenvalue weighted by Gasteiger charge is 2.09. The maximum atomic E-state index is 12.1. The van der Waals surface area contributed by atoms with E-state index in [2.05, 4.69) is 5.32 Å². The minimum atomic E-state index is -0.219. The van der Waals surface area contributed by atoms with Gasteiger partial charge in [-0.05, 0) is 61.7 Å². The second-order valence-corrected chi connectivity index (χ2v) is 4.77. The molecule has 0 heterocycles. The Kier molecular flexibility index (Phi) is 5.97. The first-order valence-electron chi connectivity index (χ1n) is 7.15. The van der Waals surface area contributed by atoms with Crippen molar-refractivity contribution in [3.63, 3.8) is 0 Å². The molecule has 3 heteroatoms. The van der Waals surface area contributed by atoms with E-state index in [1.54, 1.807) is 24.3 Å². The van der Waals surface area contributed by atoms with Gasteiger partial charge in [0.25, 0.3) is 5.91 Å². The van der Waals surface area contributed by atoms with E-state index in [0.29, 0.717) is 11.3 Å². The van der Waals surface area contributed by atoms with Crippen LogP contribution in [0.15, 0.2) is 36.4 Å². The van der Waals surface area contributed by atoms with Crippen molar-refractivity contribution in [2.45, 2.75) is 34.6 Å². The van der Waals surface area contributed by atoms with Crippen molar-refractivity contribution < 1.29 is 9.90 Å². The molecule has 0 radical (unpaired) electrons. The average molecular weight is 285 g/mol. The maximum absolute atomic E-state index is 12.1. The van der Waals surface area contributed by atoms with Gasteiger partial charge in [-0.2, -0.15) is 0 Å². The third kappa shape index (κ3) is 4.35. The van der Waals surface area contributed by atoms with Crippen LogP contribution >= 0.6 is 0 Å². The molecule has 0 fully saturated rings. The molecule has 1 amide bonds. The molecule has 2 aromatic carbocycles. The topological polar surface area (TPSA) is 49.3 Å². The second-order valence-electron chi connectivity index (χ2n) is 4.77. The minimum absolute atomic E-state index is 0.0720. The molecule has 0 atom stereocenters. The molecule has 2 N–H and O–H groups in total. The lowest BCUT2D eigenvalue weighted by Crippen LogP contribution is -2.12. The van der Waals surface area contributed by atoms with Gasteiger partial charge in [-0.1, -0.05) is 26.0 Å². The number of hydrogen-bond donors (Lipinski definition) is 2. The summed E-state index contributed by atoms with van der Waals surface area (Å²) in [5.74, 6) is -0.146. The number of phenols is 1. The highest BCUT2D eigenvalue weighted by molar-refractivity contribution is 6.05. The van der Waals surface area contributed by atoms with Gasteiger partial charge in [-0.15, -0.1) is 0 Å². The summed E-state index contributed by atoms with van der Waals surface area (Å²) < 4.78 is 0. The number of anilines is 1. The first-order chi connectivity index (χ1) is 9.97. The fraction of sp³-hybridized carbons (Fsp3) is 0.278. The van der Waals surface area contributed by atoms with Crippen molar-refractivity contribution in [1.29, 1.82) is 0 Å². The van der Waals surface area contributed by atoms with Gasteiger partial charge < -0.3 is 10.4 Å². The van der Waals surface area contributed by atoms with Gasteiger partial charge in [0.2, 0.25) is 0 Å². The predicted octanol–water partition coefficient (Wildman–Crippen LogP) is 4.60. The normalized spacial score (nSPS) is 9.57. The fourth-order valence-electron chi connectivity index (χ4n) is 1.83. The zero-order valence-electron chi connectivity index (χ0n) is 13.3. The van der Waals surface area contributed by atoms with Crippen LogP contribution in [0.1, 0.15) is 40.9 Å². The Hall–Kier alpha value is -2.29. The maximum Gasteiger partial charge on any atom is 0.255 e. The van der Waals surface area contributed by atoms with Crippen molar-refractivity contribution in [2.24, 2.45) is 0 Å². The van der Waals surface area contributed by atoms with Gasteiger partial charge in [-0.25, -0.2) is 0 Å². The molecular formula is C18H23NO2. The third-order valence-corrected chi connectivity index (χ3v) is 3.17. The number of nitrogens with one attached hydrogen (secondary N) is 1. The number of hydrogen-bond acceptors (Lipinski definition) is 2. The summed E-state index contributed by atoms with van der Waals surface area (Å²) in [7, 11) is 0. The summed E-state index contributed by atoms with van der Waals surface area (Å²) in [5, 5.41) is 12.4. The van der Waals surface area contributed by atoms with Crippen molar-refractivity contribution in [2.75, 3.05) is 5.32 Å². The average Bonchev–Trinajstić information content (AvgIpc) is 2.48. The van der Waals surface area contributed by atoms with Gasteiger partial charge >= 0.3 is 0 Å². The quantitative estimate of drug-likeness (QED) is 0.792. The number of benzene rings is 2. The van der Waals surface area contributed by atoms with Gasteiger partial charge in [0.05, 0.1) is 5.69 Å². The van der Waals surface area contributed by atoms with E-state index in [0.717, 1.165) is 16.7 Å². The Morgan fingerprint density at radius 2 is 1.62 bits per heavy atom. The van der Waals surface area contributed by atoms with E-state index in [9.17, 15) is 9.90 Å². The summed E-state index contributed by atoms with van der Waals surface area (Å²) in [6.07, 6.45) is 0. The van der Waals surface area contributed by atoms with Crippen LogP contribution in [0, 0.1) is 20.8 Å². The highest BCUT2D eigenvalue weighted by Crippen LogP contribution is 2.24. The predicted molar refractivity (Wildman–Crippen MR) is 88.1 cm³/mol. The molecule has 0 saturated carbocycles. The summed E-state index contributed by atoms with van der Waals surface area (Å²) in [6, 6.07) is 10.7. The Balaban J connectivity index is 0.00000106. The Morgan fingerprint density at radius 1 is 0.952 bits per heavy atom. The van der Waals surface area contributed by atoms with Gasteiger partial charge in [-0.3, -0.25) is 4.79 Å². The zero-order chi connectivity index (χ0) is 16.0. The molecule has 0 saturated heterocycles. The molecule has 2 aromatic rings. The van der Waals surface area contributed by atoms with Crippen LogP contribution < -0.4 is 5.32 Å². The molecule has 0 aliphatic heterocycles. The molecule has 0 aliphatic rings. The Labute approximate surface area is 126 Å². The number of rotatable bonds is 2. The highest BCUT2D eigenvalue weighted by atomic mass is 16.3. The molecule has 2 rings (SSSR count). The van der Waals surface area contributed by atoms with E-state index in [-0.39, 0.29) is 11.7 Å². The summed E-state index contributed by atoms with van der Waals surface area (Å²) in [4.78, 5) is 12.1. The number of phenolic OH excluding ortho intramolecular Hbond substituents is 1. The standard InChI is InChI=1S/C16H17NO2.C2H6/c1-10-4-7-15(18)14(8-10)17-16(19)13-6-5-11(2)12(3)9-13;1-2/h4-9,18H,1-3H3,(H,17,19);1-2H3. The first-order valence-corrected chi connectivity index (χ1v) is 7.15. The second kappa shape index (κ2) is 7.48. The largest absolute Gasteiger partial charge is 0.506 e. The van der Waals surface area contributed by atoms with Crippen LogP contribution in [0.4, 0.5) is 5.69 Å². The van der Waals surface area contributed by atoms with Gasteiger partial charge in [0, 0.05) is 5.56 Å². The minimum Gasteiger partial charge on any atom is -0.506 e.